The molecule has 0 N–H and O–H groups in total. The fourth-order valence-corrected chi connectivity index (χ4v) is 3.80. The molecule has 0 bridgehead atoms. The number of rotatable bonds is 8. The minimum atomic E-state index is -0.764. The summed E-state index contributed by atoms with van der Waals surface area (Å²) in [4.78, 5) is 0. The number of hydrogen-bond donors (Lipinski definition) is 0. The molecule has 1 saturated carbocycles. The first-order valence-corrected chi connectivity index (χ1v) is 9.51. The van der Waals surface area contributed by atoms with E-state index in [2.05, 4.69) is 15.9 Å². The Morgan fingerprint density at radius 1 is 1.04 bits per heavy atom. The SMILES string of the molecule is FCCOc1c(F)cc(C2CCC(CCCCBr)CC2)cc1F. The molecule has 0 saturated heterocycles. The van der Waals surface area contributed by atoms with Gasteiger partial charge in [-0.3, -0.25) is 0 Å². The standard InChI is InChI=1S/C18H24BrF3O/c19-8-2-1-3-13-4-6-14(7-5-13)15-11-16(21)18(17(22)12-15)23-10-9-20/h11-14H,1-10H2. The summed E-state index contributed by atoms with van der Waals surface area (Å²) in [5.74, 6) is -0.968. The Bertz CT molecular complexity index is 464. The minimum Gasteiger partial charge on any atom is -0.485 e. The number of unbranched alkanes of at least 4 members (excludes halogenated alkanes) is 1. The molecule has 1 aromatic carbocycles. The Labute approximate surface area is 144 Å². The number of halogens is 4. The predicted molar refractivity (Wildman–Crippen MR) is 90.2 cm³/mol. The second kappa shape index (κ2) is 9.55. The highest BCUT2D eigenvalue weighted by Crippen LogP contribution is 2.39. The molecule has 0 aliphatic heterocycles. The Balaban J connectivity index is 1.93. The van der Waals surface area contributed by atoms with Gasteiger partial charge in [0.05, 0.1) is 0 Å². The Kier molecular flexibility index (Phi) is 7.74. The summed E-state index contributed by atoms with van der Waals surface area (Å²) < 4.78 is 44.8. The van der Waals surface area contributed by atoms with Crippen LogP contribution in [0.3, 0.4) is 0 Å². The summed E-state index contributed by atoms with van der Waals surface area (Å²) in [5, 5.41) is 1.05. The molecule has 1 aliphatic rings. The highest BCUT2D eigenvalue weighted by molar-refractivity contribution is 9.09. The van der Waals surface area contributed by atoms with Crippen LogP contribution in [-0.4, -0.2) is 18.6 Å². The van der Waals surface area contributed by atoms with Crippen molar-refractivity contribution in [3.63, 3.8) is 0 Å². The van der Waals surface area contributed by atoms with Crippen LogP contribution in [0.4, 0.5) is 13.2 Å². The molecule has 0 spiro atoms. The molecule has 1 fully saturated rings. The van der Waals surface area contributed by atoms with Crippen molar-refractivity contribution < 1.29 is 17.9 Å². The van der Waals surface area contributed by atoms with Gasteiger partial charge in [-0.25, -0.2) is 13.2 Å². The van der Waals surface area contributed by atoms with Crippen molar-refractivity contribution in [1.82, 2.24) is 0 Å². The predicted octanol–water partition coefficient (Wildman–Crippen LogP) is 6.15. The van der Waals surface area contributed by atoms with E-state index < -0.39 is 24.1 Å². The third kappa shape index (κ3) is 5.40. The molecule has 23 heavy (non-hydrogen) atoms. The van der Waals surface area contributed by atoms with Gasteiger partial charge < -0.3 is 4.74 Å². The molecule has 5 heteroatoms. The van der Waals surface area contributed by atoms with E-state index in [4.69, 9.17) is 4.74 Å². The van der Waals surface area contributed by atoms with Gasteiger partial charge in [0.2, 0.25) is 0 Å². The molecule has 0 heterocycles. The first-order chi connectivity index (χ1) is 11.2. The van der Waals surface area contributed by atoms with Gasteiger partial charge in [0, 0.05) is 5.33 Å². The third-order valence-electron chi connectivity index (χ3n) is 4.66. The maximum absolute atomic E-state index is 14.0. The van der Waals surface area contributed by atoms with E-state index in [0.717, 1.165) is 36.9 Å². The van der Waals surface area contributed by atoms with Gasteiger partial charge in [-0.15, -0.1) is 0 Å². The second-order valence-electron chi connectivity index (χ2n) is 6.25. The second-order valence-corrected chi connectivity index (χ2v) is 7.05. The van der Waals surface area contributed by atoms with Crippen molar-refractivity contribution in [1.29, 1.82) is 0 Å². The molecule has 0 unspecified atom stereocenters. The van der Waals surface area contributed by atoms with E-state index in [1.165, 1.54) is 31.4 Å². The van der Waals surface area contributed by atoms with Crippen LogP contribution in [0.2, 0.25) is 0 Å². The molecular weight excluding hydrogens is 369 g/mol. The maximum Gasteiger partial charge on any atom is 0.190 e. The van der Waals surface area contributed by atoms with Crippen LogP contribution < -0.4 is 4.74 Å². The lowest BCUT2D eigenvalue weighted by Gasteiger charge is -2.29. The molecular formula is C18H24BrF3O. The van der Waals surface area contributed by atoms with E-state index in [-0.39, 0.29) is 12.5 Å². The summed E-state index contributed by atoms with van der Waals surface area (Å²) in [6.07, 6.45) is 7.88. The largest absolute Gasteiger partial charge is 0.485 e. The zero-order valence-corrected chi connectivity index (χ0v) is 14.9. The van der Waals surface area contributed by atoms with Crippen molar-refractivity contribution in [3.8, 4) is 5.75 Å². The van der Waals surface area contributed by atoms with Crippen LogP contribution in [0, 0.1) is 17.6 Å². The Hall–Kier alpha value is -0.710. The lowest BCUT2D eigenvalue weighted by molar-refractivity contribution is 0.250. The van der Waals surface area contributed by atoms with Gasteiger partial charge in [-0.05, 0) is 61.6 Å². The quantitative estimate of drug-likeness (QED) is 0.380. The van der Waals surface area contributed by atoms with Crippen molar-refractivity contribution in [2.24, 2.45) is 5.92 Å². The Morgan fingerprint density at radius 3 is 2.26 bits per heavy atom. The molecule has 0 radical (unpaired) electrons. The number of benzene rings is 1. The lowest BCUT2D eigenvalue weighted by atomic mass is 9.77. The summed E-state index contributed by atoms with van der Waals surface area (Å²) in [7, 11) is 0. The van der Waals surface area contributed by atoms with Crippen LogP contribution >= 0.6 is 15.9 Å². The third-order valence-corrected chi connectivity index (χ3v) is 5.22. The smallest absolute Gasteiger partial charge is 0.190 e. The van der Waals surface area contributed by atoms with Gasteiger partial charge in [0.1, 0.15) is 13.3 Å². The molecule has 0 amide bonds. The molecule has 1 aromatic rings. The van der Waals surface area contributed by atoms with Crippen LogP contribution in [0.15, 0.2) is 12.1 Å². The first-order valence-electron chi connectivity index (χ1n) is 8.39. The van der Waals surface area contributed by atoms with Crippen molar-refractivity contribution in [2.45, 2.75) is 50.9 Å². The van der Waals surface area contributed by atoms with Crippen LogP contribution in [-0.2, 0) is 0 Å². The van der Waals surface area contributed by atoms with E-state index >= 15 is 0 Å². The van der Waals surface area contributed by atoms with E-state index in [0.29, 0.717) is 5.56 Å². The van der Waals surface area contributed by atoms with Crippen LogP contribution in [0.25, 0.3) is 0 Å². The summed E-state index contributed by atoms with van der Waals surface area (Å²) >= 11 is 3.45. The highest BCUT2D eigenvalue weighted by atomic mass is 79.9. The number of alkyl halides is 2. The minimum absolute atomic E-state index is 0.210. The topological polar surface area (TPSA) is 9.23 Å². The van der Waals surface area contributed by atoms with Crippen LogP contribution in [0.1, 0.15) is 56.4 Å². The lowest BCUT2D eigenvalue weighted by Crippen LogP contribution is -2.14. The highest BCUT2D eigenvalue weighted by Gasteiger charge is 2.24. The fraction of sp³-hybridized carbons (Fsp3) is 0.667. The average Bonchev–Trinajstić information content (AvgIpc) is 2.55. The van der Waals surface area contributed by atoms with Crippen molar-refractivity contribution >= 4 is 15.9 Å². The molecule has 2 rings (SSSR count). The molecule has 1 aliphatic carbocycles. The van der Waals surface area contributed by atoms with E-state index in [1.54, 1.807) is 0 Å². The van der Waals surface area contributed by atoms with Crippen LogP contribution in [0.5, 0.6) is 5.75 Å². The van der Waals surface area contributed by atoms with Gasteiger partial charge in [0.15, 0.2) is 17.4 Å². The van der Waals surface area contributed by atoms with Crippen molar-refractivity contribution in [2.75, 3.05) is 18.6 Å². The summed E-state index contributed by atoms with van der Waals surface area (Å²) in [6.45, 7) is -1.09. The maximum atomic E-state index is 14.0. The average molecular weight is 393 g/mol. The summed E-state index contributed by atoms with van der Waals surface area (Å²) in [6, 6.07) is 2.71. The Morgan fingerprint density at radius 2 is 1.70 bits per heavy atom. The van der Waals surface area contributed by atoms with Gasteiger partial charge >= 0.3 is 0 Å². The van der Waals surface area contributed by atoms with Gasteiger partial charge in [-0.1, -0.05) is 28.8 Å². The molecule has 0 atom stereocenters. The van der Waals surface area contributed by atoms with E-state index in [1.807, 2.05) is 0 Å². The molecule has 130 valence electrons. The van der Waals surface area contributed by atoms with Crippen molar-refractivity contribution in [3.05, 3.63) is 29.3 Å². The zero-order valence-electron chi connectivity index (χ0n) is 13.3. The monoisotopic (exact) mass is 392 g/mol. The zero-order chi connectivity index (χ0) is 16.7. The number of hydrogen-bond acceptors (Lipinski definition) is 1. The fourth-order valence-electron chi connectivity index (χ4n) is 3.41. The normalized spacial score (nSPS) is 21.4. The molecule has 0 aromatic heterocycles. The number of ether oxygens (including phenoxy) is 1. The first kappa shape index (κ1) is 18.6. The van der Waals surface area contributed by atoms with E-state index in [9.17, 15) is 13.2 Å². The molecule has 1 nitrogen and oxygen atoms in total. The summed E-state index contributed by atoms with van der Waals surface area (Å²) in [5.41, 5.74) is 0.700. The van der Waals surface area contributed by atoms with Gasteiger partial charge in [0.25, 0.3) is 0 Å². The van der Waals surface area contributed by atoms with Gasteiger partial charge in [-0.2, -0.15) is 0 Å².